The molecular weight excluding hydrogens is 389 g/mol. The van der Waals surface area contributed by atoms with Crippen LogP contribution in [0.5, 0.6) is 0 Å². The molecule has 2 N–H and O–H groups in total. The van der Waals surface area contributed by atoms with E-state index in [1.807, 2.05) is 0 Å². The minimum atomic E-state index is -5.75. The Bertz CT molecular complexity index is 617. The van der Waals surface area contributed by atoms with Crippen molar-refractivity contribution < 1.29 is 40.7 Å². The second-order valence-electron chi connectivity index (χ2n) is 6.79. The zero-order valence-electron chi connectivity index (χ0n) is 15.2. The molecule has 1 heterocycles. The van der Waals surface area contributed by atoms with E-state index in [2.05, 4.69) is 17.3 Å². The Kier molecular flexibility index (Phi) is 8.78. The van der Waals surface area contributed by atoms with Crippen molar-refractivity contribution in [2.24, 2.45) is 5.92 Å². The van der Waals surface area contributed by atoms with Crippen LogP contribution in [0.1, 0.15) is 45.4 Å². The second-order valence-corrected chi connectivity index (χ2v) is 8.33. The van der Waals surface area contributed by atoms with Crippen molar-refractivity contribution in [1.29, 1.82) is 0 Å². The molecule has 2 unspecified atom stereocenters. The van der Waals surface area contributed by atoms with Gasteiger partial charge in [0, 0.05) is 12.5 Å². The van der Waals surface area contributed by atoms with Gasteiger partial charge in [-0.2, -0.15) is 21.6 Å². The van der Waals surface area contributed by atoms with Crippen LogP contribution in [0, 0.1) is 5.92 Å². The van der Waals surface area contributed by atoms with Gasteiger partial charge in [-0.25, -0.2) is 0 Å². The van der Waals surface area contributed by atoms with Crippen molar-refractivity contribution >= 4 is 10.1 Å². The first kappa shape index (κ1) is 23.9. The standard InChI is InChI=1S/C17H27F3O6S/c1-11(13(3)26-27(23,24)17(18,19)20)9-14(22)6-7-16-12(2)10-15(25-16)5-4-8-21/h11,14-16,21-22H,2-10H2,1H3/t11-,14?,15?,16+/m1/s1. The van der Waals surface area contributed by atoms with Gasteiger partial charge in [-0.15, -0.1) is 0 Å². The van der Waals surface area contributed by atoms with Gasteiger partial charge in [0.15, 0.2) is 0 Å². The third kappa shape index (κ3) is 7.44. The molecule has 1 aliphatic heterocycles. The molecule has 0 aromatic carbocycles. The molecule has 1 rings (SSSR count). The van der Waals surface area contributed by atoms with E-state index in [9.17, 15) is 26.7 Å². The predicted octanol–water partition coefficient (Wildman–Crippen LogP) is 3.02. The molecule has 1 saturated heterocycles. The van der Waals surface area contributed by atoms with E-state index < -0.39 is 33.4 Å². The lowest BCUT2D eigenvalue weighted by atomic mass is 9.96. The molecule has 6 nitrogen and oxygen atoms in total. The molecule has 10 heteroatoms. The first-order valence-corrected chi connectivity index (χ1v) is 10.1. The van der Waals surface area contributed by atoms with E-state index >= 15 is 0 Å². The maximum Gasteiger partial charge on any atom is 0.534 e. The van der Waals surface area contributed by atoms with E-state index in [4.69, 9.17) is 9.84 Å². The summed E-state index contributed by atoms with van der Waals surface area (Å²) in [6, 6.07) is 0. The van der Waals surface area contributed by atoms with Crippen molar-refractivity contribution in [3.05, 3.63) is 24.5 Å². The number of aliphatic hydroxyl groups excluding tert-OH is 2. The van der Waals surface area contributed by atoms with Gasteiger partial charge >= 0.3 is 15.6 Å². The van der Waals surface area contributed by atoms with Gasteiger partial charge in [-0.3, -0.25) is 0 Å². The highest BCUT2D eigenvalue weighted by Crippen LogP contribution is 2.32. The molecule has 0 saturated carbocycles. The Morgan fingerprint density at radius 1 is 1.41 bits per heavy atom. The van der Waals surface area contributed by atoms with Gasteiger partial charge in [0.25, 0.3) is 0 Å². The van der Waals surface area contributed by atoms with E-state index in [0.717, 1.165) is 12.0 Å². The van der Waals surface area contributed by atoms with Gasteiger partial charge in [-0.05, 0) is 44.1 Å². The van der Waals surface area contributed by atoms with Crippen LogP contribution in [0.15, 0.2) is 24.5 Å². The Balaban J connectivity index is 2.42. The molecule has 0 aromatic heterocycles. The monoisotopic (exact) mass is 416 g/mol. The van der Waals surface area contributed by atoms with Crippen molar-refractivity contribution in [1.82, 2.24) is 0 Å². The summed E-state index contributed by atoms with van der Waals surface area (Å²) in [5.41, 5.74) is -4.62. The third-order valence-electron chi connectivity index (χ3n) is 4.42. The van der Waals surface area contributed by atoms with Gasteiger partial charge < -0.3 is 19.1 Å². The molecule has 0 aromatic rings. The Labute approximate surface area is 157 Å². The van der Waals surface area contributed by atoms with E-state index in [-0.39, 0.29) is 25.2 Å². The maximum atomic E-state index is 12.3. The average molecular weight is 416 g/mol. The number of halogens is 3. The largest absolute Gasteiger partial charge is 0.534 e. The zero-order chi connectivity index (χ0) is 20.8. The number of aliphatic hydroxyl groups is 2. The summed E-state index contributed by atoms with van der Waals surface area (Å²) in [6.45, 7) is 8.68. The highest BCUT2D eigenvalue weighted by atomic mass is 32.2. The van der Waals surface area contributed by atoms with Crippen LogP contribution >= 0.6 is 0 Å². The van der Waals surface area contributed by atoms with Crippen LogP contribution in [-0.4, -0.2) is 49.1 Å². The van der Waals surface area contributed by atoms with Crippen LogP contribution in [0.3, 0.4) is 0 Å². The molecule has 0 aliphatic carbocycles. The van der Waals surface area contributed by atoms with Crippen molar-refractivity contribution in [3.8, 4) is 0 Å². The zero-order valence-corrected chi connectivity index (χ0v) is 16.1. The molecule has 0 spiro atoms. The summed E-state index contributed by atoms with van der Waals surface area (Å²) in [5, 5.41) is 18.9. The molecule has 158 valence electrons. The lowest BCUT2D eigenvalue weighted by Gasteiger charge is -2.20. The van der Waals surface area contributed by atoms with Gasteiger partial charge in [-0.1, -0.05) is 20.1 Å². The van der Waals surface area contributed by atoms with Gasteiger partial charge in [0.1, 0.15) is 5.76 Å². The van der Waals surface area contributed by atoms with Crippen LogP contribution < -0.4 is 0 Å². The lowest BCUT2D eigenvalue weighted by molar-refractivity contribution is -0.0527. The summed E-state index contributed by atoms with van der Waals surface area (Å²) >= 11 is 0. The molecule has 27 heavy (non-hydrogen) atoms. The fraction of sp³-hybridized carbons (Fsp3) is 0.765. The number of hydrogen-bond donors (Lipinski definition) is 2. The predicted molar refractivity (Wildman–Crippen MR) is 93.0 cm³/mol. The highest BCUT2D eigenvalue weighted by Gasteiger charge is 2.49. The highest BCUT2D eigenvalue weighted by molar-refractivity contribution is 7.87. The molecular formula is C17H27F3O6S. The number of hydrogen-bond acceptors (Lipinski definition) is 6. The summed E-state index contributed by atoms with van der Waals surface area (Å²) in [6.07, 6.45) is 1.72. The minimum absolute atomic E-state index is 0.000647. The topological polar surface area (TPSA) is 93.1 Å². The fourth-order valence-electron chi connectivity index (χ4n) is 2.83. The van der Waals surface area contributed by atoms with E-state index in [1.165, 1.54) is 6.92 Å². The number of ether oxygens (including phenoxy) is 1. The van der Waals surface area contributed by atoms with Crippen molar-refractivity contribution in [2.75, 3.05) is 6.61 Å². The Morgan fingerprint density at radius 3 is 2.59 bits per heavy atom. The normalized spacial score (nSPS) is 23.3. The lowest BCUT2D eigenvalue weighted by Crippen LogP contribution is -2.27. The van der Waals surface area contributed by atoms with Crippen molar-refractivity contribution in [3.63, 3.8) is 0 Å². The van der Waals surface area contributed by atoms with E-state index in [0.29, 0.717) is 25.7 Å². The van der Waals surface area contributed by atoms with Crippen LogP contribution in [0.25, 0.3) is 0 Å². The van der Waals surface area contributed by atoms with Crippen LogP contribution in [0.4, 0.5) is 13.2 Å². The van der Waals surface area contributed by atoms with Gasteiger partial charge in [0.2, 0.25) is 0 Å². The molecule has 0 amide bonds. The summed E-state index contributed by atoms with van der Waals surface area (Å²) in [4.78, 5) is 0. The van der Waals surface area contributed by atoms with Crippen molar-refractivity contribution in [2.45, 2.75) is 69.3 Å². The summed E-state index contributed by atoms with van der Waals surface area (Å²) in [5.74, 6) is -1.36. The second kappa shape index (κ2) is 9.90. The minimum Gasteiger partial charge on any atom is -0.396 e. The smallest absolute Gasteiger partial charge is 0.396 e. The number of allylic oxidation sites excluding steroid dienone is 1. The SMILES string of the molecule is C=C(OS(=O)(=O)C(F)(F)F)[C@H](C)CC(O)CC[C@@H]1OC(CCCO)CC1=C. The number of rotatable bonds is 11. The third-order valence-corrected chi connectivity index (χ3v) is 5.42. The molecule has 1 aliphatic rings. The number of alkyl halides is 3. The first-order chi connectivity index (χ1) is 12.4. The fourth-order valence-corrected chi connectivity index (χ4v) is 3.37. The van der Waals surface area contributed by atoms with Crippen LogP contribution in [-0.2, 0) is 19.0 Å². The first-order valence-electron chi connectivity index (χ1n) is 8.69. The average Bonchev–Trinajstić information content (AvgIpc) is 2.89. The molecule has 1 fully saturated rings. The Morgan fingerprint density at radius 2 is 2.04 bits per heavy atom. The molecule has 0 bridgehead atoms. The molecule has 4 atom stereocenters. The summed E-state index contributed by atoms with van der Waals surface area (Å²) in [7, 11) is -5.75. The quantitative estimate of drug-likeness (QED) is 0.233. The van der Waals surface area contributed by atoms with E-state index in [1.54, 1.807) is 0 Å². The summed E-state index contributed by atoms with van der Waals surface area (Å²) < 4.78 is 68.7. The Hall–Kier alpha value is -1.10. The molecule has 0 radical (unpaired) electrons. The van der Waals surface area contributed by atoms with Gasteiger partial charge in [0.05, 0.1) is 18.3 Å². The van der Waals surface area contributed by atoms with Crippen LogP contribution in [0.2, 0.25) is 0 Å². The maximum absolute atomic E-state index is 12.3.